The van der Waals surface area contributed by atoms with Crippen molar-refractivity contribution in [1.29, 1.82) is 0 Å². The molecule has 8 atom stereocenters. The van der Waals surface area contributed by atoms with Gasteiger partial charge in [-0.05, 0) is 44.6 Å². The lowest BCUT2D eigenvalue weighted by Crippen LogP contribution is -2.65. The Labute approximate surface area is 327 Å². The number of nitrogens with one attached hydrogen (secondary N) is 2. The summed E-state index contributed by atoms with van der Waals surface area (Å²) in [7, 11) is 0. The largest absolute Gasteiger partial charge is 0.507 e. The summed E-state index contributed by atoms with van der Waals surface area (Å²) in [6.07, 6.45) is -1.59. The predicted molar refractivity (Wildman–Crippen MR) is 197 cm³/mol. The van der Waals surface area contributed by atoms with Gasteiger partial charge in [0.2, 0.25) is 11.8 Å². The Morgan fingerprint density at radius 3 is 2.40 bits per heavy atom. The molecule has 2 aromatic carbocycles. The minimum absolute atomic E-state index is 0.00157. The highest BCUT2D eigenvalue weighted by Gasteiger charge is 2.51. The Morgan fingerprint density at radius 2 is 1.74 bits per heavy atom. The molecule has 2 heterocycles. The number of phenolic OH excluding ortho intramolecular Hbond substituents is 2. The highest BCUT2D eigenvalue weighted by Crippen LogP contribution is 2.52. The number of aliphatic hydroxyl groups is 3. The summed E-state index contributed by atoms with van der Waals surface area (Å²) in [4.78, 5) is 81.1. The average Bonchev–Trinajstić information content (AvgIpc) is 3.16. The number of aryl methyl sites for hydroxylation is 1. The molecule has 17 nitrogen and oxygen atoms in total. The number of fused-ring (bicyclic) bond motifs is 3. The molecule has 57 heavy (non-hydrogen) atoms. The van der Waals surface area contributed by atoms with E-state index in [0.29, 0.717) is 5.56 Å². The maximum Gasteiger partial charge on any atom is 0.324 e. The second-order valence-electron chi connectivity index (χ2n) is 15.9. The van der Waals surface area contributed by atoms with Crippen LogP contribution in [0.1, 0.15) is 113 Å². The van der Waals surface area contributed by atoms with E-state index < -0.39 is 126 Å². The van der Waals surface area contributed by atoms with E-state index in [1.807, 2.05) is 0 Å². The zero-order valence-electron chi connectivity index (χ0n) is 31.7. The lowest BCUT2D eigenvalue weighted by atomic mass is 9.71. The first kappa shape index (κ1) is 40.4. The Bertz CT molecular complexity index is 2030. The number of nitrogens with zero attached hydrogens (tertiary/aromatic N) is 1. The van der Waals surface area contributed by atoms with Gasteiger partial charge in [-0.25, -0.2) is 4.79 Å². The van der Waals surface area contributed by atoms with Crippen molar-refractivity contribution in [3.8, 4) is 11.5 Å². The van der Waals surface area contributed by atoms with Crippen LogP contribution in [0.2, 0.25) is 0 Å². The molecule has 17 heteroatoms. The van der Waals surface area contributed by atoms with Gasteiger partial charge in [0.25, 0.3) is 0 Å². The molecule has 2 aliphatic heterocycles. The van der Waals surface area contributed by atoms with Crippen molar-refractivity contribution >= 4 is 35.2 Å². The molecule has 4 unspecified atom stereocenters. The van der Waals surface area contributed by atoms with Crippen molar-refractivity contribution in [3.63, 3.8) is 0 Å². The van der Waals surface area contributed by atoms with Gasteiger partial charge in [0, 0.05) is 48.1 Å². The number of nitrogens with two attached hydrogens (primary N) is 1. The van der Waals surface area contributed by atoms with Gasteiger partial charge in [0.15, 0.2) is 23.6 Å². The Balaban J connectivity index is 1.11. The number of likely N-dealkylation sites (tertiary alicyclic amines) is 1. The number of carbonyl (C=O) groups excluding carboxylic acids is 6. The van der Waals surface area contributed by atoms with E-state index in [4.69, 9.17) is 15.2 Å². The number of hydrogen-bond acceptors (Lipinski definition) is 14. The van der Waals surface area contributed by atoms with Crippen molar-refractivity contribution < 1.29 is 63.8 Å². The third kappa shape index (κ3) is 7.10. The zero-order valence-corrected chi connectivity index (χ0v) is 31.7. The van der Waals surface area contributed by atoms with Crippen LogP contribution in [-0.2, 0) is 30.3 Å². The number of amides is 4. The SMILES string of the molecule is Cc1cccc2c1C(=O)c1c(O)c3c(c(O)c1C2=O)C[C@@](O)(C(=O)CO)C[C@@H]3OC1CC(NC(=O)[C@@H]2CCN2C(=O)NC(=O)[C@@H](N)C2CCCCC2)C(O)C(C)O1. The molecule has 2 aromatic rings. The second-order valence-corrected chi connectivity index (χ2v) is 15.9. The molecule has 9 N–H and O–H groups in total. The smallest absolute Gasteiger partial charge is 0.324 e. The first-order valence-electron chi connectivity index (χ1n) is 19.4. The summed E-state index contributed by atoms with van der Waals surface area (Å²) >= 11 is 0. The van der Waals surface area contributed by atoms with E-state index in [2.05, 4.69) is 10.6 Å². The van der Waals surface area contributed by atoms with Crippen LogP contribution in [0.3, 0.4) is 0 Å². The molecule has 0 radical (unpaired) electrons. The van der Waals surface area contributed by atoms with Crippen LogP contribution in [0.5, 0.6) is 11.5 Å². The van der Waals surface area contributed by atoms with Crippen LogP contribution in [0.4, 0.5) is 4.79 Å². The number of urea groups is 1. The Morgan fingerprint density at radius 1 is 1.04 bits per heavy atom. The molecular weight excluding hydrogens is 744 g/mol. The van der Waals surface area contributed by atoms with E-state index >= 15 is 0 Å². The molecule has 0 aromatic heterocycles. The van der Waals surface area contributed by atoms with Crippen LogP contribution in [0.15, 0.2) is 18.2 Å². The topological polar surface area (TPSA) is 275 Å². The molecule has 3 fully saturated rings. The van der Waals surface area contributed by atoms with Crippen molar-refractivity contribution in [3.05, 3.63) is 57.1 Å². The van der Waals surface area contributed by atoms with Gasteiger partial charge >= 0.3 is 6.03 Å². The normalized spacial score (nSPS) is 29.0. The molecule has 306 valence electrons. The quantitative estimate of drug-likeness (QED) is 0.146. The fourth-order valence-electron chi connectivity index (χ4n) is 9.04. The summed E-state index contributed by atoms with van der Waals surface area (Å²) in [5.41, 5.74) is 2.89. The van der Waals surface area contributed by atoms with Gasteiger partial charge in [0.1, 0.15) is 35.9 Å². The molecule has 7 rings (SSSR count). The van der Waals surface area contributed by atoms with Gasteiger partial charge < -0.3 is 51.0 Å². The molecule has 1 saturated carbocycles. The van der Waals surface area contributed by atoms with Crippen LogP contribution in [-0.4, -0.2) is 121 Å². The van der Waals surface area contributed by atoms with Crippen molar-refractivity contribution in [2.75, 3.05) is 13.2 Å². The van der Waals surface area contributed by atoms with Gasteiger partial charge in [-0.1, -0.05) is 37.5 Å². The number of ether oxygens (including phenoxy) is 2. The highest BCUT2D eigenvalue weighted by molar-refractivity contribution is 6.31. The molecule has 0 spiro atoms. The number of aliphatic hydroxyl groups excluding tert-OH is 2. The number of phenols is 2. The third-order valence-corrected chi connectivity index (χ3v) is 12.4. The molecule has 5 aliphatic rings. The molecule has 4 amide bonds. The molecule has 3 aliphatic carbocycles. The van der Waals surface area contributed by atoms with Gasteiger partial charge in [-0.2, -0.15) is 0 Å². The zero-order chi connectivity index (χ0) is 41.1. The van der Waals surface area contributed by atoms with Crippen molar-refractivity contribution in [1.82, 2.24) is 15.5 Å². The molecular formula is C40H48N4O13. The number of benzene rings is 2. The summed E-state index contributed by atoms with van der Waals surface area (Å²) < 4.78 is 12.2. The number of Topliss-reactive ketones (excluding diaryl/α,β-unsaturated/α-hetero) is 1. The number of imide groups is 1. The summed E-state index contributed by atoms with van der Waals surface area (Å²) in [6, 6.07) is 1.00. The first-order chi connectivity index (χ1) is 27.1. The second kappa shape index (κ2) is 15.5. The number of carbonyl (C=O) groups is 6. The maximum absolute atomic E-state index is 13.9. The van der Waals surface area contributed by atoms with Crippen LogP contribution >= 0.6 is 0 Å². The summed E-state index contributed by atoms with van der Waals surface area (Å²) in [6.45, 7) is 2.24. The summed E-state index contributed by atoms with van der Waals surface area (Å²) in [5, 5.41) is 60.8. The number of ketones is 3. The fourth-order valence-corrected chi connectivity index (χ4v) is 9.04. The van der Waals surface area contributed by atoms with E-state index in [-0.39, 0.29) is 47.6 Å². The highest BCUT2D eigenvalue weighted by atomic mass is 16.7. The lowest BCUT2D eigenvalue weighted by Gasteiger charge is -2.44. The monoisotopic (exact) mass is 792 g/mol. The minimum Gasteiger partial charge on any atom is -0.507 e. The summed E-state index contributed by atoms with van der Waals surface area (Å²) in [5.74, 6) is -5.23. The Hall–Kier alpha value is -4.78. The predicted octanol–water partition coefficient (Wildman–Crippen LogP) is 0.677. The van der Waals surface area contributed by atoms with E-state index in [0.717, 1.165) is 32.1 Å². The van der Waals surface area contributed by atoms with Gasteiger partial charge in [-0.3, -0.25) is 29.3 Å². The first-order valence-corrected chi connectivity index (χ1v) is 19.4. The molecule has 0 bridgehead atoms. The number of hydrogen-bond donors (Lipinski definition) is 8. The Kier molecular flexibility index (Phi) is 11.0. The number of rotatable bonds is 8. The molecule has 2 saturated heterocycles. The van der Waals surface area contributed by atoms with E-state index in [9.17, 15) is 54.3 Å². The standard InChI is InChI=1S/C40H48N4O13/c1-17-7-6-10-20-27(17)35(50)30-29(33(20)48)34(49)21-14-40(55,25(46)16-45)15-24(28(21)36(30)51)57-26-13-22(32(47)18(2)56-26)42-37(52)23-11-12-44(23)39(54)43-38(53)31(41)19-8-4-3-5-9-19/h6-7,10,18-19,22-24,26,31-32,45,47,49,51,55H,3-5,8-9,11-16,41H2,1-2H3,(H,42,52)(H,43,53,54)/t18?,22?,23-,24-,26?,31-,32?,40-/m0/s1. The number of aromatic hydroxyl groups is 2. The maximum atomic E-state index is 13.9. The van der Waals surface area contributed by atoms with Gasteiger partial charge in [0.05, 0.1) is 35.4 Å². The van der Waals surface area contributed by atoms with Crippen LogP contribution < -0.4 is 16.4 Å². The fraction of sp³-hybridized carbons (Fsp3) is 0.550. The third-order valence-electron chi connectivity index (χ3n) is 12.4. The van der Waals surface area contributed by atoms with Crippen molar-refractivity contribution in [2.45, 2.75) is 120 Å². The van der Waals surface area contributed by atoms with E-state index in [1.54, 1.807) is 19.1 Å². The average molecular weight is 793 g/mol. The van der Waals surface area contributed by atoms with E-state index in [1.165, 1.54) is 17.9 Å². The van der Waals surface area contributed by atoms with Crippen molar-refractivity contribution in [2.24, 2.45) is 11.7 Å². The van der Waals surface area contributed by atoms with Gasteiger partial charge in [-0.15, -0.1) is 0 Å². The minimum atomic E-state index is -2.36. The van der Waals surface area contributed by atoms with Crippen LogP contribution in [0.25, 0.3) is 0 Å². The van der Waals surface area contributed by atoms with Crippen LogP contribution in [0, 0.1) is 12.8 Å². The lowest BCUT2D eigenvalue weighted by molar-refractivity contribution is -0.249.